The normalized spacial score (nSPS) is 28.2. The molecule has 1 aliphatic heterocycles. The molecule has 0 aliphatic carbocycles. The number of hydrogen-bond acceptors (Lipinski definition) is 3. The molecule has 1 fully saturated rings. The zero-order valence-corrected chi connectivity index (χ0v) is 11.4. The molecule has 0 saturated carbocycles. The second-order valence-electron chi connectivity index (χ2n) is 6.25. The van der Waals surface area contributed by atoms with E-state index in [1.165, 1.54) is 0 Å². The molecule has 2 heterocycles. The summed E-state index contributed by atoms with van der Waals surface area (Å²) >= 11 is 0. The van der Waals surface area contributed by atoms with Crippen LogP contribution in [0.25, 0.3) is 0 Å². The molecule has 96 valence electrons. The van der Waals surface area contributed by atoms with E-state index < -0.39 is 0 Å². The number of rotatable bonds is 2. The zero-order valence-electron chi connectivity index (χ0n) is 11.4. The van der Waals surface area contributed by atoms with Gasteiger partial charge in [0.2, 0.25) is 0 Å². The number of ether oxygens (including phenoxy) is 1. The summed E-state index contributed by atoms with van der Waals surface area (Å²) in [7, 11) is 0. The summed E-state index contributed by atoms with van der Waals surface area (Å²) in [5.74, 6) is 2.05. The molecular formula is C14H23NO2. The van der Waals surface area contributed by atoms with Gasteiger partial charge in [0.15, 0.2) is 0 Å². The van der Waals surface area contributed by atoms with Crippen molar-refractivity contribution in [3.05, 3.63) is 23.7 Å². The molecule has 0 amide bonds. The average molecular weight is 237 g/mol. The Morgan fingerprint density at radius 2 is 1.94 bits per heavy atom. The zero-order chi connectivity index (χ0) is 12.8. The molecule has 2 unspecified atom stereocenters. The third kappa shape index (κ3) is 2.40. The maximum absolute atomic E-state index is 6.34. The summed E-state index contributed by atoms with van der Waals surface area (Å²) in [6, 6.07) is 3.84. The van der Waals surface area contributed by atoms with Crippen molar-refractivity contribution in [2.45, 2.75) is 58.3 Å². The summed E-state index contributed by atoms with van der Waals surface area (Å²) in [5.41, 5.74) is 6.03. The molecule has 1 aliphatic rings. The van der Waals surface area contributed by atoms with Crippen LogP contribution in [0.4, 0.5) is 0 Å². The van der Waals surface area contributed by atoms with E-state index in [1.54, 1.807) is 0 Å². The van der Waals surface area contributed by atoms with Crippen molar-refractivity contribution in [2.75, 3.05) is 0 Å². The van der Waals surface area contributed by atoms with E-state index in [0.29, 0.717) is 0 Å². The fraction of sp³-hybridized carbons (Fsp3) is 0.714. The summed E-state index contributed by atoms with van der Waals surface area (Å²) in [6.07, 6.45) is 0.959. The molecule has 2 atom stereocenters. The summed E-state index contributed by atoms with van der Waals surface area (Å²) in [6.45, 7) is 10.4. The Bertz CT molecular complexity index is 406. The molecule has 1 aromatic rings. The predicted octanol–water partition coefficient (Wildman–Crippen LogP) is 3.18. The Labute approximate surface area is 103 Å². The first-order chi connectivity index (χ1) is 7.71. The van der Waals surface area contributed by atoms with Gasteiger partial charge in [0.1, 0.15) is 11.5 Å². The summed E-state index contributed by atoms with van der Waals surface area (Å²) in [5, 5.41) is 0. The van der Waals surface area contributed by atoms with Crippen LogP contribution in [0.3, 0.4) is 0 Å². The molecule has 2 rings (SSSR count). The highest BCUT2D eigenvalue weighted by Gasteiger charge is 2.49. The average Bonchev–Trinajstić information content (AvgIpc) is 2.66. The molecule has 3 nitrogen and oxygen atoms in total. The van der Waals surface area contributed by atoms with E-state index in [2.05, 4.69) is 27.7 Å². The van der Waals surface area contributed by atoms with Crippen molar-refractivity contribution in [3.63, 3.8) is 0 Å². The van der Waals surface area contributed by atoms with Crippen LogP contribution in [0.1, 0.15) is 51.7 Å². The third-order valence-electron chi connectivity index (χ3n) is 3.67. The fourth-order valence-corrected chi connectivity index (χ4v) is 3.00. The van der Waals surface area contributed by atoms with Gasteiger partial charge in [-0.3, -0.25) is 0 Å². The van der Waals surface area contributed by atoms with Crippen LogP contribution < -0.4 is 5.73 Å². The largest absolute Gasteiger partial charge is 0.465 e. The van der Waals surface area contributed by atoms with Gasteiger partial charge in [-0.1, -0.05) is 0 Å². The number of furan rings is 1. The monoisotopic (exact) mass is 237 g/mol. The number of hydrogen-bond donors (Lipinski definition) is 1. The second-order valence-corrected chi connectivity index (χ2v) is 6.25. The second kappa shape index (κ2) is 3.85. The van der Waals surface area contributed by atoms with E-state index in [0.717, 1.165) is 17.9 Å². The lowest BCUT2D eigenvalue weighted by atomic mass is 9.81. The van der Waals surface area contributed by atoms with Crippen LogP contribution in [0.5, 0.6) is 0 Å². The van der Waals surface area contributed by atoms with E-state index in [9.17, 15) is 0 Å². The van der Waals surface area contributed by atoms with Crippen LogP contribution in [0, 0.1) is 12.8 Å². The van der Waals surface area contributed by atoms with Crippen molar-refractivity contribution in [3.8, 4) is 0 Å². The lowest BCUT2D eigenvalue weighted by molar-refractivity contribution is -0.0772. The fourth-order valence-electron chi connectivity index (χ4n) is 3.00. The Balaban J connectivity index is 2.23. The SMILES string of the molecule is Cc1ccc(C(N)C2CC(C)(C)OC2(C)C)o1. The summed E-state index contributed by atoms with van der Waals surface area (Å²) < 4.78 is 11.7. The van der Waals surface area contributed by atoms with E-state index >= 15 is 0 Å². The Hall–Kier alpha value is -0.800. The molecule has 2 N–H and O–H groups in total. The Morgan fingerprint density at radius 3 is 2.35 bits per heavy atom. The topological polar surface area (TPSA) is 48.4 Å². The van der Waals surface area contributed by atoms with Crippen molar-refractivity contribution in [1.29, 1.82) is 0 Å². The standard InChI is InChI=1S/C14H23NO2/c1-9-6-7-11(16-9)12(15)10-8-13(2,3)17-14(10,4)5/h6-7,10,12H,8,15H2,1-5H3. The van der Waals surface area contributed by atoms with Gasteiger partial charge in [-0.2, -0.15) is 0 Å². The first-order valence-electron chi connectivity index (χ1n) is 6.23. The quantitative estimate of drug-likeness (QED) is 0.859. The smallest absolute Gasteiger partial charge is 0.121 e. The maximum atomic E-state index is 6.34. The van der Waals surface area contributed by atoms with Gasteiger partial charge in [-0.15, -0.1) is 0 Å². The van der Waals surface area contributed by atoms with E-state index in [4.69, 9.17) is 14.9 Å². The molecule has 1 saturated heterocycles. The first-order valence-corrected chi connectivity index (χ1v) is 6.23. The molecule has 17 heavy (non-hydrogen) atoms. The van der Waals surface area contributed by atoms with Crippen LogP contribution in [0.15, 0.2) is 16.5 Å². The molecule has 0 bridgehead atoms. The summed E-state index contributed by atoms with van der Waals surface area (Å²) in [4.78, 5) is 0. The predicted molar refractivity (Wildman–Crippen MR) is 67.7 cm³/mol. The van der Waals surface area contributed by atoms with Gasteiger partial charge >= 0.3 is 0 Å². The molecule has 0 radical (unpaired) electrons. The van der Waals surface area contributed by atoms with Crippen LogP contribution in [-0.2, 0) is 4.74 Å². The van der Waals surface area contributed by atoms with Gasteiger partial charge in [-0.05, 0) is 53.2 Å². The van der Waals surface area contributed by atoms with E-state index in [1.807, 2.05) is 19.1 Å². The lowest BCUT2D eigenvalue weighted by Crippen LogP contribution is -2.35. The number of aryl methyl sites for hydroxylation is 1. The van der Waals surface area contributed by atoms with Gasteiger partial charge in [0.25, 0.3) is 0 Å². The van der Waals surface area contributed by atoms with Crippen LogP contribution >= 0.6 is 0 Å². The van der Waals surface area contributed by atoms with Gasteiger partial charge in [-0.25, -0.2) is 0 Å². The first kappa shape index (κ1) is 12.7. The van der Waals surface area contributed by atoms with Gasteiger partial charge in [0.05, 0.1) is 17.2 Å². The minimum Gasteiger partial charge on any atom is -0.465 e. The highest BCUT2D eigenvalue weighted by atomic mass is 16.5. The Morgan fingerprint density at radius 1 is 1.29 bits per heavy atom. The molecule has 0 aromatic carbocycles. The van der Waals surface area contributed by atoms with E-state index in [-0.39, 0.29) is 23.2 Å². The molecule has 1 aromatic heterocycles. The third-order valence-corrected chi connectivity index (χ3v) is 3.67. The number of nitrogens with two attached hydrogens (primary N) is 1. The highest BCUT2D eigenvalue weighted by molar-refractivity contribution is 5.13. The van der Waals surface area contributed by atoms with Gasteiger partial charge in [0, 0.05) is 5.92 Å². The lowest BCUT2D eigenvalue weighted by Gasteiger charge is -2.30. The van der Waals surface area contributed by atoms with Crippen LogP contribution in [0.2, 0.25) is 0 Å². The molecule has 3 heteroatoms. The molecule has 0 spiro atoms. The Kier molecular flexibility index (Phi) is 2.87. The highest BCUT2D eigenvalue weighted by Crippen LogP contribution is 2.46. The van der Waals surface area contributed by atoms with Crippen LogP contribution in [-0.4, -0.2) is 11.2 Å². The van der Waals surface area contributed by atoms with Crippen molar-refractivity contribution in [1.82, 2.24) is 0 Å². The van der Waals surface area contributed by atoms with Crippen molar-refractivity contribution < 1.29 is 9.15 Å². The minimum absolute atomic E-state index is 0.0968. The minimum atomic E-state index is -0.205. The maximum Gasteiger partial charge on any atom is 0.121 e. The van der Waals surface area contributed by atoms with Crippen molar-refractivity contribution >= 4 is 0 Å². The molecular weight excluding hydrogens is 214 g/mol. The van der Waals surface area contributed by atoms with Crippen molar-refractivity contribution in [2.24, 2.45) is 11.7 Å². The van der Waals surface area contributed by atoms with Gasteiger partial charge < -0.3 is 14.9 Å².